The fourth-order valence-corrected chi connectivity index (χ4v) is 3.42. The van der Waals surface area contributed by atoms with Crippen LogP contribution in [0.5, 0.6) is 0 Å². The maximum Gasteiger partial charge on any atom is 0.337 e. The molecule has 9 heteroatoms. The summed E-state index contributed by atoms with van der Waals surface area (Å²) in [6, 6.07) is 3.36. The van der Waals surface area contributed by atoms with E-state index in [2.05, 4.69) is 10.0 Å². The van der Waals surface area contributed by atoms with E-state index in [-0.39, 0.29) is 23.1 Å². The molecule has 0 radical (unpaired) electrons. The number of ether oxygens (including phenoxy) is 2. The Kier molecular flexibility index (Phi) is 7.61. The molecule has 0 saturated heterocycles. The van der Waals surface area contributed by atoms with Crippen molar-refractivity contribution in [3.8, 4) is 0 Å². The highest BCUT2D eigenvalue weighted by Crippen LogP contribution is 2.22. The Labute approximate surface area is 142 Å². The number of hydrogen-bond acceptors (Lipinski definition) is 6. The van der Waals surface area contributed by atoms with Crippen LogP contribution in [0.2, 0.25) is 0 Å². The number of carboxylic acid groups (broad SMARTS) is 1. The van der Waals surface area contributed by atoms with Crippen LogP contribution in [0, 0.1) is 0 Å². The van der Waals surface area contributed by atoms with E-state index in [9.17, 15) is 18.3 Å². The van der Waals surface area contributed by atoms with Crippen molar-refractivity contribution >= 4 is 21.7 Å². The van der Waals surface area contributed by atoms with Crippen LogP contribution >= 0.6 is 0 Å². The Hall–Kier alpha value is -1.68. The molecule has 0 aliphatic carbocycles. The van der Waals surface area contributed by atoms with E-state index in [0.717, 1.165) is 6.07 Å². The second-order valence-electron chi connectivity index (χ2n) is 5.49. The lowest BCUT2D eigenvalue weighted by molar-refractivity contribution is 0.0697. The van der Waals surface area contributed by atoms with Crippen LogP contribution in [0.1, 0.15) is 24.2 Å². The zero-order valence-electron chi connectivity index (χ0n) is 14.2. The average Bonchev–Trinajstić information content (AvgIpc) is 2.47. The molecule has 8 nitrogen and oxygen atoms in total. The lowest BCUT2D eigenvalue weighted by Gasteiger charge is -2.18. The lowest BCUT2D eigenvalue weighted by Crippen LogP contribution is -2.35. The minimum absolute atomic E-state index is 0.118. The first-order valence-electron chi connectivity index (χ1n) is 7.35. The molecule has 1 aromatic rings. The SMILES string of the molecule is COC[C@@H](C)NS(=O)(=O)c1ccc(N[C@@H](C)COC)c(C(=O)O)c1. The van der Waals surface area contributed by atoms with Crippen LogP contribution in [0.15, 0.2) is 23.1 Å². The highest BCUT2D eigenvalue weighted by molar-refractivity contribution is 7.89. The predicted octanol–water partition coefficient (Wildman–Crippen LogP) is 1.14. The van der Waals surface area contributed by atoms with Crippen LogP contribution in [0.4, 0.5) is 5.69 Å². The smallest absolute Gasteiger partial charge is 0.337 e. The molecule has 0 aliphatic heterocycles. The van der Waals surface area contributed by atoms with Crippen molar-refractivity contribution in [3.63, 3.8) is 0 Å². The maximum absolute atomic E-state index is 12.3. The average molecular weight is 360 g/mol. The summed E-state index contributed by atoms with van der Waals surface area (Å²) in [5.41, 5.74) is 0.205. The number of carboxylic acids is 1. The molecule has 2 atom stereocenters. The molecule has 3 N–H and O–H groups in total. The first kappa shape index (κ1) is 20.4. The van der Waals surface area contributed by atoms with Gasteiger partial charge in [0.25, 0.3) is 0 Å². The topological polar surface area (TPSA) is 114 Å². The summed E-state index contributed by atoms with van der Waals surface area (Å²) in [5, 5.41) is 12.3. The van der Waals surface area contributed by atoms with E-state index in [1.165, 1.54) is 19.2 Å². The minimum Gasteiger partial charge on any atom is -0.478 e. The van der Waals surface area contributed by atoms with E-state index in [1.807, 2.05) is 6.92 Å². The summed E-state index contributed by atoms with van der Waals surface area (Å²) < 4.78 is 37.0. The van der Waals surface area contributed by atoms with Gasteiger partial charge in [0.15, 0.2) is 0 Å². The molecular formula is C15H24N2O6S. The number of benzene rings is 1. The summed E-state index contributed by atoms with van der Waals surface area (Å²) in [7, 11) is -0.831. The van der Waals surface area contributed by atoms with E-state index in [1.54, 1.807) is 14.0 Å². The zero-order valence-corrected chi connectivity index (χ0v) is 15.0. The Morgan fingerprint density at radius 2 is 1.75 bits per heavy atom. The number of aromatic carboxylic acids is 1. The molecular weight excluding hydrogens is 336 g/mol. The number of carbonyl (C=O) groups is 1. The highest BCUT2D eigenvalue weighted by Gasteiger charge is 2.21. The fourth-order valence-electron chi connectivity index (χ4n) is 2.17. The van der Waals surface area contributed by atoms with Gasteiger partial charge in [-0.2, -0.15) is 0 Å². The van der Waals surface area contributed by atoms with Gasteiger partial charge in [0, 0.05) is 32.0 Å². The molecule has 136 valence electrons. The summed E-state index contributed by atoms with van der Waals surface area (Å²) in [6.45, 7) is 4.07. The van der Waals surface area contributed by atoms with Gasteiger partial charge >= 0.3 is 5.97 Å². The van der Waals surface area contributed by atoms with E-state index >= 15 is 0 Å². The predicted molar refractivity (Wildman–Crippen MR) is 90.0 cm³/mol. The van der Waals surface area contributed by atoms with Crippen LogP contribution in [-0.2, 0) is 19.5 Å². The van der Waals surface area contributed by atoms with Gasteiger partial charge in [-0.15, -0.1) is 0 Å². The number of methoxy groups -OCH3 is 2. The van der Waals surface area contributed by atoms with Gasteiger partial charge in [0.1, 0.15) is 0 Å². The first-order chi connectivity index (χ1) is 11.2. The molecule has 0 amide bonds. The van der Waals surface area contributed by atoms with Crippen molar-refractivity contribution in [2.45, 2.75) is 30.8 Å². The van der Waals surface area contributed by atoms with Crippen molar-refractivity contribution in [1.82, 2.24) is 4.72 Å². The molecule has 0 unspecified atom stereocenters. The van der Waals surface area contributed by atoms with Gasteiger partial charge in [-0.05, 0) is 32.0 Å². The maximum atomic E-state index is 12.3. The number of anilines is 1. The largest absolute Gasteiger partial charge is 0.478 e. The quantitative estimate of drug-likeness (QED) is 0.573. The zero-order chi connectivity index (χ0) is 18.3. The van der Waals surface area contributed by atoms with Gasteiger partial charge in [-0.1, -0.05) is 0 Å². The van der Waals surface area contributed by atoms with Gasteiger partial charge < -0.3 is 19.9 Å². The van der Waals surface area contributed by atoms with Gasteiger partial charge in [0.2, 0.25) is 10.0 Å². The third-order valence-corrected chi connectivity index (χ3v) is 4.71. The summed E-state index contributed by atoms with van der Waals surface area (Å²) in [6.07, 6.45) is 0. The number of sulfonamides is 1. The fraction of sp³-hybridized carbons (Fsp3) is 0.533. The molecule has 0 bridgehead atoms. The molecule has 1 rings (SSSR count). The molecule has 24 heavy (non-hydrogen) atoms. The molecule has 0 heterocycles. The highest BCUT2D eigenvalue weighted by atomic mass is 32.2. The molecule has 0 aromatic heterocycles. The van der Waals surface area contributed by atoms with Gasteiger partial charge in [0.05, 0.1) is 23.7 Å². The van der Waals surface area contributed by atoms with Crippen LogP contribution in [-0.4, -0.2) is 59.0 Å². The van der Waals surface area contributed by atoms with Gasteiger partial charge in [-0.25, -0.2) is 17.9 Å². The van der Waals surface area contributed by atoms with Crippen molar-refractivity contribution in [1.29, 1.82) is 0 Å². The monoisotopic (exact) mass is 360 g/mol. The third kappa shape index (κ3) is 5.75. The third-order valence-electron chi connectivity index (χ3n) is 3.12. The first-order valence-corrected chi connectivity index (χ1v) is 8.83. The number of nitrogens with one attached hydrogen (secondary N) is 2. The molecule has 1 aromatic carbocycles. The van der Waals surface area contributed by atoms with Crippen molar-refractivity contribution < 1.29 is 27.8 Å². The second-order valence-corrected chi connectivity index (χ2v) is 7.20. The van der Waals surface area contributed by atoms with E-state index < -0.39 is 22.0 Å². The van der Waals surface area contributed by atoms with Crippen molar-refractivity contribution in [3.05, 3.63) is 23.8 Å². The van der Waals surface area contributed by atoms with Crippen LogP contribution in [0.3, 0.4) is 0 Å². The molecule has 0 aliphatic rings. The van der Waals surface area contributed by atoms with Gasteiger partial charge in [-0.3, -0.25) is 0 Å². The Morgan fingerprint density at radius 1 is 1.17 bits per heavy atom. The van der Waals surface area contributed by atoms with E-state index in [0.29, 0.717) is 12.3 Å². The van der Waals surface area contributed by atoms with E-state index in [4.69, 9.17) is 9.47 Å². The summed E-state index contributed by atoms with van der Waals surface area (Å²) in [4.78, 5) is 11.3. The minimum atomic E-state index is -3.84. The lowest BCUT2D eigenvalue weighted by atomic mass is 10.1. The van der Waals surface area contributed by atoms with Crippen molar-refractivity contribution in [2.75, 3.05) is 32.8 Å². The summed E-state index contributed by atoms with van der Waals surface area (Å²) >= 11 is 0. The molecule has 0 spiro atoms. The van der Waals surface area contributed by atoms with Crippen molar-refractivity contribution in [2.24, 2.45) is 0 Å². The normalized spacial score (nSPS) is 14.2. The number of rotatable bonds is 10. The molecule has 0 fully saturated rings. The Balaban J connectivity index is 3.11. The van der Waals surface area contributed by atoms with Crippen LogP contribution in [0.25, 0.3) is 0 Å². The number of hydrogen-bond donors (Lipinski definition) is 3. The molecule has 0 saturated carbocycles. The summed E-state index contributed by atoms with van der Waals surface area (Å²) in [5.74, 6) is -1.22. The standard InChI is InChI=1S/C15H24N2O6S/c1-10(8-22-3)16-14-6-5-12(7-13(14)15(18)19)24(20,21)17-11(2)9-23-4/h5-7,10-11,16-17H,8-9H2,1-4H3,(H,18,19)/t10-,11+/m0/s1. The Bertz CT molecular complexity index is 662. The van der Waals surface area contributed by atoms with Crippen LogP contribution < -0.4 is 10.0 Å². The Morgan fingerprint density at radius 3 is 2.29 bits per heavy atom. The second kappa shape index (κ2) is 8.97.